The highest BCUT2D eigenvalue weighted by molar-refractivity contribution is 6.30. The van der Waals surface area contributed by atoms with Crippen LogP contribution in [0.15, 0.2) is 36.4 Å². The normalized spacial score (nSPS) is 12.4. The molecule has 2 aromatic carbocycles. The SMILES string of the molecule is C[C@@H](NCc1cc(F)c(F)cc1F)c1cccc(Cl)c1. The molecule has 20 heavy (non-hydrogen) atoms. The number of hydrogen-bond donors (Lipinski definition) is 1. The molecular weight excluding hydrogens is 287 g/mol. The Labute approximate surface area is 120 Å². The lowest BCUT2D eigenvalue weighted by atomic mass is 10.1. The molecule has 0 amide bonds. The second-order valence-electron chi connectivity index (χ2n) is 4.52. The molecule has 0 aliphatic rings. The van der Waals surface area contributed by atoms with Crippen LogP contribution in [0.5, 0.6) is 0 Å². The van der Waals surface area contributed by atoms with Crippen LogP contribution >= 0.6 is 11.6 Å². The molecular formula is C15H13ClF3N. The lowest BCUT2D eigenvalue weighted by Crippen LogP contribution is -2.19. The Kier molecular flexibility index (Phi) is 4.68. The molecule has 2 rings (SSSR count). The van der Waals surface area contributed by atoms with Crippen molar-refractivity contribution in [2.24, 2.45) is 0 Å². The van der Waals surface area contributed by atoms with Crippen LogP contribution in [0.1, 0.15) is 24.1 Å². The van der Waals surface area contributed by atoms with Gasteiger partial charge in [-0.3, -0.25) is 0 Å². The molecule has 0 spiro atoms. The fourth-order valence-electron chi connectivity index (χ4n) is 1.86. The highest BCUT2D eigenvalue weighted by Gasteiger charge is 2.11. The Morgan fingerprint density at radius 3 is 2.45 bits per heavy atom. The molecule has 106 valence electrons. The maximum absolute atomic E-state index is 13.5. The minimum atomic E-state index is -1.19. The summed E-state index contributed by atoms with van der Waals surface area (Å²) in [6.07, 6.45) is 0. The van der Waals surface area contributed by atoms with Crippen molar-refractivity contribution in [3.63, 3.8) is 0 Å². The second kappa shape index (κ2) is 6.29. The smallest absolute Gasteiger partial charge is 0.161 e. The van der Waals surface area contributed by atoms with Gasteiger partial charge < -0.3 is 5.32 Å². The Hall–Kier alpha value is -1.52. The number of benzene rings is 2. The summed E-state index contributed by atoms with van der Waals surface area (Å²) in [6, 6.07) is 8.56. The summed E-state index contributed by atoms with van der Waals surface area (Å²) >= 11 is 5.89. The van der Waals surface area contributed by atoms with E-state index >= 15 is 0 Å². The highest BCUT2D eigenvalue weighted by atomic mass is 35.5. The largest absolute Gasteiger partial charge is 0.306 e. The van der Waals surface area contributed by atoms with Gasteiger partial charge in [-0.25, -0.2) is 13.2 Å². The molecule has 0 radical (unpaired) electrons. The van der Waals surface area contributed by atoms with Gasteiger partial charge in [-0.1, -0.05) is 23.7 Å². The Balaban J connectivity index is 2.07. The molecule has 0 bridgehead atoms. The van der Waals surface area contributed by atoms with Gasteiger partial charge in [-0.2, -0.15) is 0 Å². The molecule has 0 aromatic heterocycles. The second-order valence-corrected chi connectivity index (χ2v) is 4.95. The van der Waals surface area contributed by atoms with Crippen LogP contribution in [-0.4, -0.2) is 0 Å². The predicted molar refractivity (Wildman–Crippen MR) is 73.0 cm³/mol. The van der Waals surface area contributed by atoms with Crippen LogP contribution in [-0.2, 0) is 6.54 Å². The Bertz CT molecular complexity index is 616. The average molecular weight is 300 g/mol. The summed E-state index contributed by atoms with van der Waals surface area (Å²) in [4.78, 5) is 0. The Morgan fingerprint density at radius 2 is 1.75 bits per heavy atom. The van der Waals surface area contributed by atoms with E-state index in [1.807, 2.05) is 19.1 Å². The van der Waals surface area contributed by atoms with Crippen molar-refractivity contribution in [1.82, 2.24) is 5.32 Å². The number of nitrogens with one attached hydrogen (secondary N) is 1. The van der Waals surface area contributed by atoms with Crippen molar-refractivity contribution in [2.45, 2.75) is 19.5 Å². The molecule has 0 heterocycles. The molecule has 0 saturated heterocycles. The predicted octanol–water partition coefficient (Wildman–Crippen LogP) is 4.61. The van der Waals surface area contributed by atoms with E-state index in [0.29, 0.717) is 11.1 Å². The number of hydrogen-bond acceptors (Lipinski definition) is 1. The van der Waals surface area contributed by atoms with E-state index in [1.54, 1.807) is 12.1 Å². The summed E-state index contributed by atoms with van der Waals surface area (Å²) in [7, 11) is 0. The van der Waals surface area contributed by atoms with Gasteiger partial charge in [0, 0.05) is 29.2 Å². The first-order chi connectivity index (χ1) is 9.47. The molecule has 1 nitrogen and oxygen atoms in total. The van der Waals surface area contributed by atoms with Crippen molar-refractivity contribution < 1.29 is 13.2 Å². The van der Waals surface area contributed by atoms with E-state index < -0.39 is 17.5 Å². The molecule has 0 unspecified atom stereocenters. The monoisotopic (exact) mass is 299 g/mol. The molecule has 0 aliphatic carbocycles. The molecule has 5 heteroatoms. The van der Waals surface area contributed by atoms with Gasteiger partial charge in [-0.15, -0.1) is 0 Å². The molecule has 0 fully saturated rings. The maximum atomic E-state index is 13.5. The zero-order valence-electron chi connectivity index (χ0n) is 10.8. The average Bonchev–Trinajstić information content (AvgIpc) is 2.41. The first kappa shape index (κ1) is 14.9. The quantitative estimate of drug-likeness (QED) is 0.813. The van der Waals surface area contributed by atoms with Crippen molar-refractivity contribution in [1.29, 1.82) is 0 Å². The molecule has 1 N–H and O–H groups in total. The first-order valence-corrected chi connectivity index (χ1v) is 6.47. The molecule has 0 saturated carbocycles. The first-order valence-electron chi connectivity index (χ1n) is 6.09. The van der Waals surface area contributed by atoms with E-state index in [2.05, 4.69) is 5.32 Å². The summed E-state index contributed by atoms with van der Waals surface area (Å²) in [5, 5.41) is 3.65. The van der Waals surface area contributed by atoms with Crippen LogP contribution in [0, 0.1) is 17.5 Å². The summed E-state index contributed by atoms with van der Waals surface area (Å²) in [6.45, 7) is 1.97. The van der Waals surface area contributed by atoms with Crippen LogP contribution in [0.4, 0.5) is 13.2 Å². The van der Waals surface area contributed by atoms with Crippen molar-refractivity contribution in [3.05, 3.63) is 70.0 Å². The zero-order valence-corrected chi connectivity index (χ0v) is 11.5. The van der Waals surface area contributed by atoms with Crippen LogP contribution < -0.4 is 5.32 Å². The standard InChI is InChI=1S/C15H13ClF3N/c1-9(10-3-2-4-12(16)5-10)20-8-11-6-14(18)15(19)7-13(11)17/h2-7,9,20H,8H2,1H3/t9-/m1/s1. The summed E-state index contributed by atoms with van der Waals surface area (Å²) < 4.78 is 39.4. The van der Waals surface area contributed by atoms with Crippen LogP contribution in [0.25, 0.3) is 0 Å². The van der Waals surface area contributed by atoms with E-state index in [1.165, 1.54) is 0 Å². The molecule has 1 atom stereocenters. The van der Waals surface area contributed by atoms with Gasteiger partial charge >= 0.3 is 0 Å². The van der Waals surface area contributed by atoms with E-state index in [0.717, 1.165) is 11.6 Å². The van der Waals surface area contributed by atoms with Crippen molar-refractivity contribution in [2.75, 3.05) is 0 Å². The van der Waals surface area contributed by atoms with Gasteiger partial charge in [-0.05, 0) is 30.7 Å². The fraction of sp³-hybridized carbons (Fsp3) is 0.200. The maximum Gasteiger partial charge on any atom is 0.161 e. The highest BCUT2D eigenvalue weighted by Crippen LogP contribution is 2.19. The minimum Gasteiger partial charge on any atom is -0.306 e. The van der Waals surface area contributed by atoms with E-state index in [-0.39, 0.29) is 18.2 Å². The third-order valence-corrected chi connectivity index (χ3v) is 3.27. The van der Waals surface area contributed by atoms with Gasteiger partial charge in [0.2, 0.25) is 0 Å². The zero-order chi connectivity index (χ0) is 14.7. The topological polar surface area (TPSA) is 12.0 Å². The van der Waals surface area contributed by atoms with Crippen LogP contribution in [0.3, 0.4) is 0 Å². The van der Waals surface area contributed by atoms with Gasteiger partial charge in [0.15, 0.2) is 11.6 Å². The Morgan fingerprint density at radius 1 is 1.05 bits per heavy atom. The third-order valence-electron chi connectivity index (χ3n) is 3.04. The van der Waals surface area contributed by atoms with Gasteiger partial charge in [0.05, 0.1) is 0 Å². The lowest BCUT2D eigenvalue weighted by molar-refractivity contribution is 0.482. The summed E-state index contributed by atoms with van der Waals surface area (Å²) in [5.41, 5.74) is 1.01. The minimum absolute atomic E-state index is 0.0813. The van der Waals surface area contributed by atoms with E-state index in [4.69, 9.17) is 11.6 Å². The van der Waals surface area contributed by atoms with Gasteiger partial charge in [0.25, 0.3) is 0 Å². The molecule has 0 aliphatic heterocycles. The third kappa shape index (κ3) is 3.52. The number of rotatable bonds is 4. The van der Waals surface area contributed by atoms with Gasteiger partial charge in [0.1, 0.15) is 5.82 Å². The summed E-state index contributed by atoms with van der Waals surface area (Å²) in [5.74, 6) is -3.01. The lowest BCUT2D eigenvalue weighted by Gasteiger charge is -2.15. The molecule has 2 aromatic rings. The van der Waals surface area contributed by atoms with Crippen molar-refractivity contribution >= 4 is 11.6 Å². The number of halogens is 4. The van der Waals surface area contributed by atoms with Crippen LogP contribution in [0.2, 0.25) is 5.02 Å². The van der Waals surface area contributed by atoms with Crippen molar-refractivity contribution in [3.8, 4) is 0 Å². The fourth-order valence-corrected chi connectivity index (χ4v) is 2.05. The van der Waals surface area contributed by atoms with E-state index in [9.17, 15) is 13.2 Å².